The van der Waals surface area contributed by atoms with Gasteiger partial charge in [0.2, 0.25) is 0 Å². The van der Waals surface area contributed by atoms with Crippen molar-refractivity contribution >= 4 is 17.2 Å². The van der Waals surface area contributed by atoms with Gasteiger partial charge in [-0.15, -0.1) is 21.5 Å². The zero-order chi connectivity index (χ0) is 18.5. The zero-order valence-electron chi connectivity index (χ0n) is 14.9. The number of carbonyl (C=O) groups is 1. The summed E-state index contributed by atoms with van der Waals surface area (Å²) in [6, 6.07) is 7.16. The third-order valence-corrected chi connectivity index (χ3v) is 5.19. The molecule has 0 unspecified atom stereocenters. The van der Waals surface area contributed by atoms with Crippen molar-refractivity contribution in [1.29, 1.82) is 0 Å². The van der Waals surface area contributed by atoms with Gasteiger partial charge < -0.3 is 14.6 Å². The highest BCUT2D eigenvalue weighted by Gasteiger charge is 2.15. The Hall–Kier alpha value is -2.74. The molecule has 4 rings (SSSR count). The van der Waals surface area contributed by atoms with Gasteiger partial charge in [-0.05, 0) is 31.0 Å². The van der Waals surface area contributed by atoms with Crippen molar-refractivity contribution in [2.75, 3.05) is 0 Å². The van der Waals surface area contributed by atoms with E-state index in [0.29, 0.717) is 24.5 Å². The average Bonchev–Trinajstić information content (AvgIpc) is 3.29. The Morgan fingerprint density at radius 2 is 2.22 bits per heavy atom. The summed E-state index contributed by atoms with van der Waals surface area (Å²) in [5.41, 5.74) is 3.21. The van der Waals surface area contributed by atoms with Gasteiger partial charge in [-0.3, -0.25) is 4.79 Å². The van der Waals surface area contributed by atoms with Crippen molar-refractivity contribution in [1.82, 2.24) is 25.1 Å². The lowest BCUT2D eigenvalue weighted by Crippen LogP contribution is -2.25. The van der Waals surface area contributed by atoms with E-state index >= 15 is 0 Å². The van der Waals surface area contributed by atoms with Gasteiger partial charge in [0.15, 0.2) is 5.82 Å². The second-order valence-electron chi connectivity index (χ2n) is 6.47. The minimum Gasteiger partial charge on any atom is -0.487 e. The fraction of sp³-hybridized carbons (Fsp3) is 0.368. The fourth-order valence-corrected chi connectivity index (χ4v) is 3.67. The Labute approximate surface area is 161 Å². The zero-order valence-corrected chi connectivity index (χ0v) is 15.7. The Kier molecular flexibility index (Phi) is 5.43. The Balaban J connectivity index is 1.37. The molecule has 0 spiro atoms. The van der Waals surface area contributed by atoms with E-state index in [0.717, 1.165) is 43.1 Å². The van der Waals surface area contributed by atoms with Crippen LogP contribution < -0.4 is 10.1 Å². The quantitative estimate of drug-likeness (QED) is 0.708. The second kappa shape index (κ2) is 8.30. The molecule has 2 aromatic heterocycles. The second-order valence-corrected chi connectivity index (χ2v) is 7.19. The number of aromatic nitrogens is 4. The van der Waals surface area contributed by atoms with Crippen LogP contribution in [-0.4, -0.2) is 25.7 Å². The van der Waals surface area contributed by atoms with Gasteiger partial charge in [-0.1, -0.05) is 12.5 Å². The van der Waals surface area contributed by atoms with Gasteiger partial charge in [0.05, 0.1) is 17.7 Å². The van der Waals surface area contributed by atoms with Gasteiger partial charge in [-0.25, -0.2) is 4.98 Å². The van der Waals surface area contributed by atoms with Gasteiger partial charge >= 0.3 is 0 Å². The smallest absolute Gasteiger partial charge is 0.251 e. The molecule has 0 atom stereocenters. The van der Waals surface area contributed by atoms with Crippen LogP contribution in [0.15, 0.2) is 35.2 Å². The largest absolute Gasteiger partial charge is 0.487 e. The van der Waals surface area contributed by atoms with Gasteiger partial charge in [0.25, 0.3) is 5.91 Å². The first-order valence-corrected chi connectivity index (χ1v) is 10.0. The molecule has 0 fully saturated rings. The topological polar surface area (TPSA) is 81.9 Å². The van der Waals surface area contributed by atoms with E-state index in [9.17, 15) is 4.79 Å². The summed E-state index contributed by atoms with van der Waals surface area (Å²) in [5.74, 6) is 2.33. The molecule has 7 nitrogen and oxygen atoms in total. The average molecular weight is 383 g/mol. The van der Waals surface area contributed by atoms with E-state index in [1.54, 1.807) is 17.6 Å². The standard InChI is InChI=1S/C19H21N5O2S/c25-19(20-10-18-23-22-17-7-2-1-3-8-24(17)18)14-5-4-6-16(9-14)26-11-15-12-27-13-21-15/h4-6,9,12-13H,1-3,7-8,10-11H2,(H,20,25). The lowest BCUT2D eigenvalue weighted by atomic mass is 10.2. The summed E-state index contributed by atoms with van der Waals surface area (Å²) in [4.78, 5) is 16.7. The van der Waals surface area contributed by atoms with E-state index < -0.39 is 0 Å². The highest BCUT2D eigenvalue weighted by Crippen LogP contribution is 2.17. The Bertz CT molecular complexity index is 907. The molecule has 1 aromatic carbocycles. The molecule has 8 heteroatoms. The molecular formula is C19H21N5O2S. The third-order valence-electron chi connectivity index (χ3n) is 4.56. The molecule has 1 aliphatic rings. The van der Waals surface area contributed by atoms with Crippen molar-refractivity contribution in [3.63, 3.8) is 0 Å². The summed E-state index contributed by atoms with van der Waals surface area (Å²) in [6.07, 6.45) is 4.45. The molecular weight excluding hydrogens is 362 g/mol. The monoisotopic (exact) mass is 383 g/mol. The molecule has 3 heterocycles. The molecule has 27 heavy (non-hydrogen) atoms. The van der Waals surface area contributed by atoms with Crippen molar-refractivity contribution in [3.8, 4) is 5.75 Å². The van der Waals surface area contributed by atoms with Crippen molar-refractivity contribution in [2.45, 2.75) is 45.4 Å². The van der Waals surface area contributed by atoms with E-state index in [1.807, 2.05) is 17.5 Å². The molecule has 0 bridgehead atoms. The predicted molar refractivity (Wildman–Crippen MR) is 102 cm³/mol. The van der Waals surface area contributed by atoms with Crippen LogP contribution in [0.4, 0.5) is 0 Å². The first kappa shape index (κ1) is 17.7. The van der Waals surface area contributed by atoms with Crippen LogP contribution >= 0.6 is 11.3 Å². The van der Waals surface area contributed by atoms with Crippen molar-refractivity contribution < 1.29 is 9.53 Å². The highest BCUT2D eigenvalue weighted by atomic mass is 32.1. The van der Waals surface area contributed by atoms with E-state index in [2.05, 4.69) is 25.1 Å². The fourth-order valence-electron chi connectivity index (χ4n) is 3.13. The maximum absolute atomic E-state index is 12.5. The van der Waals surface area contributed by atoms with E-state index in [4.69, 9.17) is 4.74 Å². The number of benzene rings is 1. The van der Waals surface area contributed by atoms with Crippen LogP contribution in [-0.2, 0) is 26.1 Å². The van der Waals surface area contributed by atoms with Crippen LogP contribution in [0.25, 0.3) is 0 Å². The first-order valence-electron chi connectivity index (χ1n) is 9.09. The number of ether oxygens (including phenoxy) is 1. The Morgan fingerprint density at radius 1 is 1.26 bits per heavy atom. The molecule has 1 N–H and O–H groups in total. The van der Waals surface area contributed by atoms with Gasteiger partial charge in [0, 0.05) is 23.9 Å². The summed E-state index contributed by atoms with van der Waals surface area (Å²) in [7, 11) is 0. The summed E-state index contributed by atoms with van der Waals surface area (Å²) in [5, 5.41) is 13.4. The van der Waals surface area contributed by atoms with Crippen molar-refractivity contribution in [3.05, 3.63) is 58.1 Å². The van der Waals surface area contributed by atoms with Crippen LogP contribution in [0.3, 0.4) is 0 Å². The number of nitrogens with zero attached hydrogens (tertiary/aromatic N) is 4. The lowest BCUT2D eigenvalue weighted by molar-refractivity contribution is 0.0949. The summed E-state index contributed by atoms with van der Waals surface area (Å²) in [6.45, 7) is 1.68. The predicted octanol–water partition coefficient (Wildman–Crippen LogP) is 2.97. The van der Waals surface area contributed by atoms with E-state index in [1.165, 1.54) is 17.8 Å². The minimum atomic E-state index is -0.153. The third kappa shape index (κ3) is 4.33. The number of hydrogen-bond donors (Lipinski definition) is 1. The molecule has 1 aliphatic heterocycles. The van der Waals surface area contributed by atoms with E-state index in [-0.39, 0.29) is 5.91 Å². The SMILES string of the molecule is O=C(NCc1nnc2n1CCCCC2)c1cccc(OCc2cscn2)c1. The summed E-state index contributed by atoms with van der Waals surface area (Å²) < 4.78 is 7.86. The normalized spacial score (nSPS) is 13.6. The van der Waals surface area contributed by atoms with Gasteiger partial charge in [0.1, 0.15) is 18.2 Å². The number of amides is 1. The molecule has 0 radical (unpaired) electrons. The number of hydrogen-bond acceptors (Lipinski definition) is 6. The Morgan fingerprint density at radius 3 is 3.11 bits per heavy atom. The maximum atomic E-state index is 12.5. The van der Waals surface area contributed by atoms with Crippen LogP contribution in [0.2, 0.25) is 0 Å². The molecule has 140 valence electrons. The van der Waals surface area contributed by atoms with Crippen LogP contribution in [0.5, 0.6) is 5.75 Å². The lowest BCUT2D eigenvalue weighted by Gasteiger charge is -2.09. The number of thiazole rings is 1. The highest BCUT2D eigenvalue weighted by molar-refractivity contribution is 7.07. The first-order chi connectivity index (χ1) is 13.3. The van der Waals surface area contributed by atoms with Gasteiger partial charge in [-0.2, -0.15) is 0 Å². The number of carbonyl (C=O) groups excluding carboxylic acids is 1. The minimum absolute atomic E-state index is 0.153. The molecule has 3 aromatic rings. The summed E-state index contributed by atoms with van der Waals surface area (Å²) >= 11 is 1.53. The molecule has 0 saturated heterocycles. The number of aryl methyl sites for hydroxylation is 1. The molecule has 0 saturated carbocycles. The molecule has 1 amide bonds. The van der Waals surface area contributed by atoms with Crippen LogP contribution in [0.1, 0.15) is 47.0 Å². The van der Waals surface area contributed by atoms with Crippen LogP contribution in [0, 0.1) is 0 Å². The van der Waals surface area contributed by atoms with Crippen molar-refractivity contribution in [2.24, 2.45) is 0 Å². The maximum Gasteiger partial charge on any atom is 0.251 e. The number of nitrogens with one attached hydrogen (secondary N) is 1. The number of rotatable bonds is 6. The number of fused-ring (bicyclic) bond motifs is 1. The molecule has 0 aliphatic carbocycles.